The zero-order valence-electron chi connectivity index (χ0n) is 34.3. The van der Waals surface area contributed by atoms with E-state index in [1.54, 1.807) is 0 Å². The van der Waals surface area contributed by atoms with Crippen LogP contribution in [0.1, 0.15) is 59.2 Å². The Morgan fingerprint density at radius 1 is 0.345 bits per heavy atom. The van der Waals surface area contributed by atoms with Crippen LogP contribution in [-0.4, -0.2) is 37.5 Å². The van der Waals surface area contributed by atoms with E-state index < -0.39 is 20.1 Å². The summed E-state index contributed by atoms with van der Waals surface area (Å²) in [5.74, 6) is 0. The quantitative estimate of drug-likeness (QED) is 0.119. The molecule has 0 saturated heterocycles. The second-order valence-corrected chi connectivity index (χ2v) is 23.8. The van der Waals surface area contributed by atoms with E-state index in [0.29, 0.717) is 0 Å². The Bertz CT molecular complexity index is 2050. The Morgan fingerprint density at radius 3 is 0.764 bits per heavy atom. The summed E-state index contributed by atoms with van der Waals surface area (Å²) >= 11 is 0. The third-order valence-electron chi connectivity index (χ3n) is 9.11. The zero-order valence-corrected chi connectivity index (χ0v) is 35.9. The molecule has 0 saturated carbocycles. The molecule has 0 heterocycles. The molecule has 0 aliphatic rings. The van der Waals surface area contributed by atoms with E-state index in [-0.39, 0.29) is 0 Å². The molecule has 55 heavy (non-hydrogen) atoms. The summed E-state index contributed by atoms with van der Waals surface area (Å²) in [6.45, 7) is 6.37. The highest BCUT2D eigenvalue weighted by molar-refractivity contribution is 8.32. The number of benzene rings is 6. The third kappa shape index (κ3) is 12.3. The third-order valence-corrected chi connectivity index (χ3v) is 12.5. The number of rotatable bonds is 11. The summed E-state index contributed by atoms with van der Waals surface area (Å²) in [4.78, 5) is 5.19. The molecule has 0 atom stereocenters. The number of anilines is 3. The summed E-state index contributed by atoms with van der Waals surface area (Å²) in [6, 6.07) is 53.1. The molecule has 0 aromatic heterocycles. The predicted molar refractivity (Wildman–Crippen MR) is 255 cm³/mol. The average molecular weight is 762 g/mol. The summed E-state index contributed by atoms with van der Waals surface area (Å²) in [7, 11) is -1.44. The van der Waals surface area contributed by atoms with Crippen molar-refractivity contribution in [1.82, 2.24) is 0 Å². The molecule has 0 radical (unpaired) electrons. The van der Waals surface area contributed by atoms with Gasteiger partial charge in [0.2, 0.25) is 0 Å². The Morgan fingerprint density at radius 2 is 0.545 bits per heavy atom. The first kappa shape index (κ1) is 41.2. The van der Waals surface area contributed by atoms with E-state index in [9.17, 15) is 0 Å². The van der Waals surface area contributed by atoms with E-state index in [1.165, 1.54) is 55.2 Å². The maximum absolute atomic E-state index is 2.33. The molecule has 0 bridgehead atoms. The van der Waals surface area contributed by atoms with Gasteiger partial charge in [-0.1, -0.05) is 147 Å². The van der Waals surface area contributed by atoms with Crippen LogP contribution in [0.5, 0.6) is 0 Å². The van der Waals surface area contributed by atoms with Crippen molar-refractivity contribution >= 4 is 73.6 Å². The van der Waals surface area contributed by atoms with Crippen LogP contribution in [0.15, 0.2) is 155 Å². The summed E-state index contributed by atoms with van der Waals surface area (Å²) in [6.07, 6.45) is 28.4. The van der Waals surface area contributed by atoms with Gasteiger partial charge in [-0.05, 0) is 148 Å². The Kier molecular flexibility index (Phi) is 14.3. The number of aryl methyl sites for hydroxylation is 1. The topological polar surface area (TPSA) is 3.24 Å². The van der Waals surface area contributed by atoms with Crippen LogP contribution in [0.4, 0.5) is 17.1 Å². The molecule has 0 aliphatic heterocycles. The molecule has 0 aliphatic carbocycles. The van der Waals surface area contributed by atoms with Gasteiger partial charge in [-0.15, -0.1) is 0 Å². The lowest BCUT2D eigenvalue weighted by Crippen LogP contribution is -2.09. The second kappa shape index (κ2) is 19.1. The summed E-state index contributed by atoms with van der Waals surface area (Å²) in [5, 5.41) is 0. The predicted octanol–water partition coefficient (Wildman–Crippen LogP) is 15.5. The maximum atomic E-state index is 2.33. The fourth-order valence-corrected chi connectivity index (χ4v) is 7.79. The van der Waals surface area contributed by atoms with Gasteiger partial charge in [0.05, 0.1) is 0 Å². The molecule has 1 nitrogen and oxygen atoms in total. The van der Waals surface area contributed by atoms with Crippen molar-refractivity contribution in [1.29, 1.82) is 0 Å². The molecular formula is C52H59NS2. The van der Waals surface area contributed by atoms with Gasteiger partial charge in [-0.25, -0.2) is 20.1 Å². The zero-order chi connectivity index (χ0) is 39.4. The fourth-order valence-electron chi connectivity index (χ4n) is 5.88. The van der Waals surface area contributed by atoms with Crippen LogP contribution in [0.3, 0.4) is 0 Å². The standard InChI is InChI=1S/C49H51NS2.C3H8/c1-38-8-10-39(11-9-38)12-13-40-18-28-45(29-19-40)50(46-30-20-41(21-31-46)14-16-43-24-34-48(35-25-43)51(2,3)4)47-32-22-42(23-33-47)15-17-44-26-36-49(37-27-44)52(5,6)7;1-3-2/h8-37H,1-7H3;3H2,1-2H3/b13-12+,16-14+,17-15+;. The minimum absolute atomic E-state index is 0.721. The lowest BCUT2D eigenvalue weighted by atomic mass is 10.1. The van der Waals surface area contributed by atoms with Gasteiger partial charge in [0.1, 0.15) is 0 Å². The van der Waals surface area contributed by atoms with Crippen LogP contribution in [-0.2, 0) is 0 Å². The molecule has 6 aromatic carbocycles. The van der Waals surface area contributed by atoms with Gasteiger partial charge in [-0.2, -0.15) is 0 Å². The molecule has 6 aromatic rings. The SMILES string of the molecule is CCC.Cc1ccc(/C=C/c2ccc(N(c3ccc(/C=C/c4ccc(S(C)(C)C)cc4)cc3)c3ccc(/C=C/c4ccc(S(C)(C)C)cc4)cc3)cc2)cc1. The van der Waals surface area contributed by atoms with E-state index in [1.807, 2.05) is 0 Å². The highest BCUT2D eigenvalue weighted by Gasteiger charge is 2.13. The highest BCUT2D eigenvalue weighted by Crippen LogP contribution is 2.45. The van der Waals surface area contributed by atoms with Crippen molar-refractivity contribution in [2.24, 2.45) is 0 Å². The van der Waals surface area contributed by atoms with Crippen LogP contribution in [0.2, 0.25) is 0 Å². The Balaban J connectivity index is 0.00000187. The first-order valence-corrected chi connectivity index (χ1v) is 24.8. The van der Waals surface area contributed by atoms with Crippen molar-refractivity contribution in [3.05, 3.63) is 185 Å². The van der Waals surface area contributed by atoms with Gasteiger partial charge in [0, 0.05) is 17.1 Å². The van der Waals surface area contributed by atoms with E-state index in [0.717, 1.165) is 17.1 Å². The average Bonchev–Trinajstić information content (AvgIpc) is 3.17. The molecule has 6 rings (SSSR count). The number of nitrogens with zero attached hydrogens (tertiary/aromatic N) is 1. The molecule has 3 heteroatoms. The largest absolute Gasteiger partial charge is 0.311 e. The molecule has 0 fully saturated rings. The normalized spacial score (nSPS) is 12.5. The number of hydrogen-bond acceptors (Lipinski definition) is 1. The van der Waals surface area contributed by atoms with Gasteiger partial charge < -0.3 is 4.90 Å². The van der Waals surface area contributed by atoms with Crippen molar-refractivity contribution in [2.45, 2.75) is 37.0 Å². The van der Waals surface area contributed by atoms with E-state index in [4.69, 9.17) is 0 Å². The molecule has 0 N–H and O–H groups in total. The minimum atomic E-state index is -0.721. The van der Waals surface area contributed by atoms with Crippen molar-refractivity contribution in [2.75, 3.05) is 42.4 Å². The molecule has 0 amide bonds. The van der Waals surface area contributed by atoms with Gasteiger partial charge in [0.15, 0.2) is 0 Å². The molecule has 0 spiro atoms. The number of hydrogen-bond donors (Lipinski definition) is 0. The van der Waals surface area contributed by atoms with Crippen LogP contribution < -0.4 is 4.90 Å². The first-order chi connectivity index (χ1) is 26.3. The lowest BCUT2D eigenvalue weighted by molar-refractivity contribution is 1.09. The first-order valence-electron chi connectivity index (χ1n) is 19.1. The fraction of sp³-hybridized carbons (Fsp3) is 0.192. The lowest BCUT2D eigenvalue weighted by Gasteiger charge is -2.26. The second-order valence-electron chi connectivity index (χ2n) is 15.5. The minimum Gasteiger partial charge on any atom is -0.311 e. The summed E-state index contributed by atoms with van der Waals surface area (Å²) in [5.41, 5.74) is 11.7. The van der Waals surface area contributed by atoms with Crippen molar-refractivity contribution < 1.29 is 0 Å². The van der Waals surface area contributed by atoms with E-state index in [2.05, 4.69) is 245 Å². The highest BCUT2D eigenvalue weighted by atomic mass is 32.3. The van der Waals surface area contributed by atoms with Gasteiger partial charge in [0.25, 0.3) is 0 Å². The van der Waals surface area contributed by atoms with Crippen LogP contribution >= 0.6 is 20.1 Å². The Hall–Kier alpha value is -4.96. The molecule has 0 unspecified atom stereocenters. The van der Waals surface area contributed by atoms with Crippen LogP contribution in [0.25, 0.3) is 36.5 Å². The van der Waals surface area contributed by atoms with Gasteiger partial charge >= 0.3 is 0 Å². The van der Waals surface area contributed by atoms with E-state index >= 15 is 0 Å². The molecular weight excluding hydrogens is 703 g/mol. The monoisotopic (exact) mass is 761 g/mol. The van der Waals surface area contributed by atoms with Crippen molar-refractivity contribution in [3.8, 4) is 0 Å². The smallest absolute Gasteiger partial charge is 0.0462 e. The van der Waals surface area contributed by atoms with Crippen LogP contribution in [0, 0.1) is 6.92 Å². The molecule has 284 valence electrons. The maximum Gasteiger partial charge on any atom is 0.0462 e. The van der Waals surface area contributed by atoms with Gasteiger partial charge in [-0.3, -0.25) is 0 Å². The Labute approximate surface area is 335 Å². The summed E-state index contributed by atoms with van der Waals surface area (Å²) < 4.78 is 0. The van der Waals surface area contributed by atoms with Crippen molar-refractivity contribution in [3.63, 3.8) is 0 Å².